The van der Waals surface area contributed by atoms with E-state index in [1.807, 2.05) is 6.92 Å². The van der Waals surface area contributed by atoms with Crippen LogP contribution in [-0.4, -0.2) is 60.5 Å². The van der Waals surface area contributed by atoms with Gasteiger partial charge in [0.1, 0.15) is 5.69 Å². The van der Waals surface area contributed by atoms with Gasteiger partial charge in [-0.1, -0.05) is 6.42 Å². The summed E-state index contributed by atoms with van der Waals surface area (Å²) in [6.07, 6.45) is 3.51. The molecule has 0 radical (unpaired) electrons. The molecule has 2 rings (SSSR count). The third kappa shape index (κ3) is 4.63. The minimum absolute atomic E-state index is 0.0152. The zero-order valence-corrected chi connectivity index (χ0v) is 17.6. The molecule has 156 valence electrons. The monoisotopic (exact) mass is 392 g/mol. The van der Waals surface area contributed by atoms with Crippen molar-refractivity contribution in [2.24, 2.45) is 5.92 Å². The number of rotatable bonds is 10. The van der Waals surface area contributed by atoms with Crippen LogP contribution in [0.4, 0.5) is 0 Å². The van der Waals surface area contributed by atoms with Gasteiger partial charge in [0.25, 0.3) is 0 Å². The van der Waals surface area contributed by atoms with Gasteiger partial charge in [-0.2, -0.15) is 0 Å². The van der Waals surface area contributed by atoms with Gasteiger partial charge < -0.3 is 19.4 Å². The second kappa shape index (κ2) is 9.87. The van der Waals surface area contributed by atoms with E-state index in [1.54, 1.807) is 25.7 Å². The number of esters is 1. The lowest BCUT2D eigenvalue weighted by molar-refractivity contribution is -0.139. The number of aromatic amines is 1. The molecule has 1 fully saturated rings. The van der Waals surface area contributed by atoms with Gasteiger partial charge in [0, 0.05) is 36.9 Å². The molecule has 1 aliphatic rings. The molecule has 7 heteroatoms. The number of carbonyl (C=O) groups excluding carboxylic acids is 3. The van der Waals surface area contributed by atoms with Gasteiger partial charge in [0.15, 0.2) is 5.78 Å². The molecule has 1 unspecified atom stereocenters. The Morgan fingerprint density at radius 1 is 1.25 bits per heavy atom. The molecule has 1 atom stereocenters. The van der Waals surface area contributed by atoms with E-state index < -0.39 is 12.0 Å². The first kappa shape index (κ1) is 22.1. The topological polar surface area (TPSA) is 88.7 Å². The second-order valence-corrected chi connectivity index (χ2v) is 7.37. The van der Waals surface area contributed by atoms with Gasteiger partial charge >= 0.3 is 5.97 Å². The maximum absolute atomic E-state index is 13.3. The summed E-state index contributed by atoms with van der Waals surface area (Å²) in [4.78, 5) is 42.8. The van der Waals surface area contributed by atoms with Crippen LogP contribution in [0, 0.1) is 19.8 Å². The molecule has 1 heterocycles. The number of nitrogens with one attached hydrogen (secondary N) is 1. The van der Waals surface area contributed by atoms with Crippen molar-refractivity contribution in [3.05, 3.63) is 22.5 Å². The van der Waals surface area contributed by atoms with E-state index in [0.29, 0.717) is 43.0 Å². The maximum atomic E-state index is 13.3. The lowest BCUT2D eigenvalue weighted by Gasteiger charge is -2.35. The van der Waals surface area contributed by atoms with Gasteiger partial charge in [0.2, 0.25) is 5.91 Å². The van der Waals surface area contributed by atoms with E-state index in [9.17, 15) is 14.4 Å². The summed E-state index contributed by atoms with van der Waals surface area (Å²) in [5.74, 6) is -0.610. The molecule has 0 aromatic carbocycles. The molecule has 1 N–H and O–H groups in total. The summed E-state index contributed by atoms with van der Waals surface area (Å²) in [6.45, 7) is 8.84. The van der Waals surface area contributed by atoms with Crippen LogP contribution in [0.3, 0.4) is 0 Å². The Kier molecular flexibility index (Phi) is 7.80. The maximum Gasteiger partial charge on any atom is 0.354 e. The lowest BCUT2D eigenvalue weighted by atomic mass is 9.83. The summed E-state index contributed by atoms with van der Waals surface area (Å²) in [7, 11) is 1.31. The standard InChI is InChI=1S/C21H32N2O5/c1-6-28-12-8-11-23(20(25)16-9-7-10-16)15(4)19(24)17-13(2)18(21(26)27-5)22-14(17)3/h15-16,22H,6-12H2,1-5H3. The number of hydrogen-bond donors (Lipinski definition) is 1. The van der Waals surface area contributed by atoms with Crippen molar-refractivity contribution in [3.8, 4) is 0 Å². The smallest absolute Gasteiger partial charge is 0.354 e. The van der Waals surface area contributed by atoms with Crippen molar-refractivity contribution >= 4 is 17.7 Å². The van der Waals surface area contributed by atoms with Crippen molar-refractivity contribution < 1.29 is 23.9 Å². The summed E-state index contributed by atoms with van der Waals surface area (Å²) >= 11 is 0. The number of methoxy groups -OCH3 is 1. The number of hydrogen-bond acceptors (Lipinski definition) is 5. The Bertz CT molecular complexity index is 721. The van der Waals surface area contributed by atoms with Crippen LogP contribution in [0.1, 0.15) is 71.6 Å². The van der Waals surface area contributed by atoms with Gasteiger partial charge in [-0.05, 0) is 52.5 Å². The highest BCUT2D eigenvalue weighted by Crippen LogP contribution is 2.30. The molecule has 0 aliphatic heterocycles. The first-order chi connectivity index (χ1) is 13.3. The molecular formula is C21H32N2O5. The molecule has 0 bridgehead atoms. The van der Waals surface area contributed by atoms with Gasteiger partial charge in [0.05, 0.1) is 13.2 Å². The Hall–Kier alpha value is -2.15. The highest BCUT2D eigenvalue weighted by atomic mass is 16.5. The van der Waals surface area contributed by atoms with E-state index in [1.165, 1.54) is 7.11 Å². The quantitative estimate of drug-likeness (QED) is 0.376. The zero-order valence-electron chi connectivity index (χ0n) is 17.6. The van der Waals surface area contributed by atoms with E-state index in [2.05, 4.69) is 4.98 Å². The van der Waals surface area contributed by atoms with Crippen molar-refractivity contribution in [2.75, 3.05) is 26.9 Å². The average molecular weight is 392 g/mol. The number of carbonyl (C=O) groups is 3. The Balaban J connectivity index is 2.23. The molecule has 1 amide bonds. The largest absolute Gasteiger partial charge is 0.464 e. The first-order valence-electron chi connectivity index (χ1n) is 10.0. The van der Waals surface area contributed by atoms with Crippen molar-refractivity contribution in [2.45, 2.75) is 59.4 Å². The third-order valence-corrected chi connectivity index (χ3v) is 5.55. The van der Waals surface area contributed by atoms with Crippen molar-refractivity contribution in [1.82, 2.24) is 9.88 Å². The molecule has 0 saturated heterocycles. The van der Waals surface area contributed by atoms with E-state index in [-0.39, 0.29) is 23.3 Å². The fourth-order valence-electron chi connectivity index (χ4n) is 3.64. The number of Topliss-reactive ketones (excluding diaryl/α,β-unsaturated/α-hetero) is 1. The molecule has 28 heavy (non-hydrogen) atoms. The highest BCUT2D eigenvalue weighted by Gasteiger charge is 2.35. The molecule has 1 aromatic heterocycles. The third-order valence-electron chi connectivity index (χ3n) is 5.55. The molecule has 0 spiro atoms. The van der Waals surface area contributed by atoms with Crippen LogP contribution >= 0.6 is 0 Å². The Morgan fingerprint density at radius 2 is 1.93 bits per heavy atom. The van der Waals surface area contributed by atoms with Gasteiger partial charge in [-0.15, -0.1) is 0 Å². The number of ether oxygens (including phenoxy) is 2. The normalized spacial score (nSPS) is 15.0. The Morgan fingerprint density at radius 3 is 2.46 bits per heavy atom. The number of aromatic nitrogens is 1. The van der Waals surface area contributed by atoms with Crippen LogP contribution in [0.5, 0.6) is 0 Å². The van der Waals surface area contributed by atoms with E-state index >= 15 is 0 Å². The fraction of sp³-hybridized carbons (Fsp3) is 0.667. The number of amides is 1. The van der Waals surface area contributed by atoms with Crippen LogP contribution in [0.25, 0.3) is 0 Å². The first-order valence-corrected chi connectivity index (χ1v) is 10.0. The summed E-state index contributed by atoms with van der Waals surface area (Å²) in [6, 6.07) is -0.603. The van der Waals surface area contributed by atoms with Gasteiger partial charge in [-0.25, -0.2) is 4.79 Å². The number of H-pyrrole nitrogens is 1. The van der Waals surface area contributed by atoms with Crippen LogP contribution < -0.4 is 0 Å². The highest BCUT2D eigenvalue weighted by molar-refractivity contribution is 6.06. The summed E-state index contributed by atoms with van der Waals surface area (Å²) in [5.41, 5.74) is 1.92. The van der Waals surface area contributed by atoms with E-state index in [0.717, 1.165) is 19.3 Å². The molecule has 1 saturated carbocycles. The minimum atomic E-state index is -0.603. The number of aryl methyl sites for hydroxylation is 1. The second-order valence-electron chi connectivity index (χ2n) is 7.37. The van der Waals surface area contributed by atoms with Crippen molar-refractivity contribution in [1.29, 1.82) is 0 Å². The lowest BCUT2D eigenvalue weighted by Crippen LogP contribution is -2.48. The molecule has 7 nitrogen and oxygen atoms in total. The predicted molar refractivity (Wildman–Crippen MR) is 106 cm³/mol. The van der Waals surface area contributed by atoms with Crippen LogP contribution in [0.15, 0.2) is 0 Å². The Labute approximate surface area is 166 Å². The van der Waals surface area contributed by atoms with Crippen LogP contribution in [-0.2, 0) is 14.3 Å². The minimum Gasteiger partial charge on any atom is -0.464 e. The molecule has 1 aliphatic carbocycles. The molecule has 1 aromatic rings. The molecular weight excluding hydrogens is 360 g/mol. The fourth-order valence-corrected chi connectivity index (χ4v) is 3.64. The zero-order chi connectivity index (χ0) is 20.8. The SMILES string of the molecule is CCOCCCN(C(=O)C1CCC1)C(C)C(=O)c1c(C)[nH]c(C(=O)OC)c1C. The van der Waals surface area contributed by atoms with Crippen molar-refractivity contribution in [3.63, 3.8) is 0 Å². The summed E-state index contributed by atoms with van der Waals surface area (Å²) in [5, 5.41) is 0. The average Bonchev–Trinajstić information content (AvgIpc) is 2.92. The number of nitrogens with zero attached hydrogens (tertiary/aromatic N) is 1. The van der Waals surface area contributed by atoms with E-state index in [4.69, 9.17) is 9.47 Å². The van der Waals surface area contributed by atoms with Gasteiger partial charge in [-0.3, -0.25) is 9.59 Å². The summed E-state index contributed by atoms with van der Waals surface area (Å²) < 4.78 is 10.2. The number of ketones is 1. The predicted octanol–water partition coefficient (Wildman–Crippen LogP) is 3.04. The van der Waals surface area contributed by atoms with Crippen LogP contribution in [0.2, 0.25) is 0 Å².